The Morgan fingerprint density at radius 2 is 2.08 bits per heavy atom. The van der Waals surface area contributed by atoms with Gasteiger partial charge < -0.3 is 11.5 Å². The summed E-state index contributed by atoms with van der Waals surface area (Å²) < 4.78 is 0. The molecule has 4 N–H and O–H groups in total. The lowest BCUT2D eigenvalue weighted by molar-refractivity contribution is 1.39. The van der Waals surface area contributed by atoms with Gasteiger partial charge in [0.15, 0.2) is 0 Å². The lowest BCUT2D eigenvalue weighted by Crippen LogP contribution is -2.00. The van der Waals surface area contributed by atoms with Crippen molar-refractivity contribution in [3.63, 3.8) is 0 Å². The number of anilines is 1. The Balaban J connectivity index is 3.26. The summed E-state index contributed by atoms with van der Waals surface area (Å²) in [6.45, 7) is 3.89. The Morgan fingerprint density at radius 1 is 1.42 bits per heavy atom. The summed E-state index contributed by atoms with van der Waals surface area (Å²) in [5.74, 6) is 0. The topological polar surface area (TPSA) is 52.0 Å². The molecule has 12 heavy (non-hydrogen) atoms. The fourth-order valence-electron chi connectivity index (χ4n) is 1.12. The molecule has 2 heteroatoms. The minimum Gasteiger partial charge on any atom is -0.399 e. The van der Waals surface area contributed by atoms with Crippen LogP contribution in [0, 0.1) is 6.92 Å². The molecule has 0 heterocycles. The summed E-state index contributed by atoms with van der Waals surface area (Å²) in [6, 6.07) is 5.76. The molecule has 0 radical (unpaired) electrons. The number of hydrogen-bond acceptors (Lipinski definition) is 2. The van der Waals surface area contributed by atoms with Crippen molar-refractivity contribution in [1.29, 1.82) is 0 Å². The second-order valence-electron chi connectivity index (χ2n) is 2.76. The van der Waals surface area contributed by atoms with E-state index in [0.717, 1.165) is 22.5 Å². The largest absolute Gasteiger partial charge is 0.399 e. The SMILES string of the molecule is C/C=C(/N)c1cccc(N)c1C. The van der Waals surface area contributed by atoms with Crippen LogP contribution in [0.1, 0.15) is 18.1 Å². The molecule has 0 unspecified atom stereocenters. The van der Waals surface area contributed by atoms with Crippen LogP contribution >= 0.6 is 0 Å². The second kappa shape index (κ2) is 3.30. The highest BCUT2D eigenvalue weighted by molar-refractivity contribution is 5.69. The van der Waals surface area contributed by atoms with Crippen molar-refractivity contribution in [2.75, 3.05) is 5.73 Å². The van der Waals surface area contributed by atoms with Gasteiger partial charge in [-0.05, 0) is 25.5 Å². The third-order valence-corrected chi connectivity index (χ3v) is 2.00. The lowest BCUT2D eigenvalue weighted by atomic mass is 10.0. The number of nitrogen functional groups attached to an aromatic ring is 1. The van der Waals surface area contributed by atoms with Crippen LogP contribution in [0.4, 0.5) is 5.69 Å². The first-order valence-corrected chi connectivity index (χ1v) is 3.94. The van der Waals surface area contributed by atoms with Crippen LogP contribution in [-0.2, 0) is 0 Å². The molecule has 0 aliphatic carbocycles. The zero-order chi connectivity index (χ0) is 9.14. The van der Waals surface area contributed by atoms with E-state index in [1.165, 1.54) is 0 Å². The van der Waals surface area contributed by atoms with Crippen LogP contribution in [0.15, 0.2) is 24.3 Å². The minimum atomic E-state index is 0.778. The fourth-order valence-corrected chi connectivity index (χ4v) is 1.12. The quantitative estimate of drug-likeness (QED) is 0.619. The number of allylic oxidation sites excluding steroid dienone is 1. The first kappa shape index (κ1) is 8.65. The van der Waals surface area contributed by atoms with Gasteiger partial charge in [-0.1, -0.05) is 18.2 Å². The van der Waals surface area contributed by atoms with Gasteiger partial charge in [0.05, 0.1) is 0 Å². The summed E-state index contributed by atoms with van der Waals surface area (Å²) in [4.78, 5) is 0. The van der Waals surface area contributed by atoms with Gasteiger partial charge in [-0.25, -0.2) is 0 Å². The molecule has 64 valence electrons. The predicted molar refractivity (Wildman–Crippen MR) is 53.4 cm³/mol. The van der Waals surface area contributed by atoms with Crippen LogP contribution in [0.2, 0.25) is 0 Å². The highest BCUT2D eigenvalue weighted by Crippen LogP contribution is 2.19. The molecule has 1 aromatic carbocycles. The highest BCUT2D eigenvalue weighted by atomic mass is 14.6. The van der Waals surface area contributed by atoms with E-state index < -0.39 is 0 Å². The monoisotopic (exact) mass is 162 g/mol. The number of hydrogen-bond donors (Lipinski definition) is 2. The van der Waals surface area contributed by atoms with E-state index in [1.807, 2.05) is 38.1 Å². The molecule has 0 bridgehead atoms. The van der Waals surface area contributed by atoms with Crippen molar-refractivity contribution < 1.29 is 0 Å². The third-order valence-electron chi connectivity index (χ3n) is 2.00. The minimum absolute atomic E-state index is 0.778. The van der Waals surface area contributed by atoms with E-state index in [9.17, 15) is 0 Å². The predicted octanol–water partition coefficient (Wildman–Crippen LogP) is 1.90. The molecule has 0 aromatic heterocycles. The van der Waals surface area contributed by atoms with Crippen molar-refractivity contribution in [3.05, 3.63) is 35.4 Å². The Hall–Kier alpha value is -1.44. The molecule has 0 saturated heterocycles. The van der Waals surface area contributed by atoms with Gasteiger partial charge in [0, 0.05) is 16.9 Å². The number of benzene rings is 1. The summed E-state index contributed by atoms with van der Waals surface area (Å²) in [6.07, 6.45) is 1.88. The lowest BCUT2D eigenvalue weighted by Gasteiger charge is -2.07. The molecular formula is C10H14N2. The molecule has 0 spiro atoms. The Kier molecular flexibility index (Phi) is 2.38. The van der Waals surface area contributed by atoms with E-state index in [2.05, 4.69) is 0 Å². The van der Waals surface area contributed by atoms with Crippen molar-refractivity contribution in [3.8, 4) is 0 Å². The standard InChI is InChI=1S/C10H14N2/c1-3-9(11)8-5-4-6-10(12)7(8)2/h3-6H,11-12H2,1-2H3/b9-3+. The molecule has 0 aliphatic rings. The molecule has 2 nitrogen and oxygen atoms in total. The van der Waals surface area contributed by atoms with Gasteiger partial charge in [-0.15, -0.1) is 0 Å². The molecule has 0 saturated carbocycles. The fraction of sp³-hybridized carbons (Fsp3) is 0.200. The van der Waals surface area contributed by atoms with Gasteiger partial charge in [0.2, 0.25) is 0 Å². The van der Waals surface area contributed by atoms with Crippen LogP contribution < -0.4 is 11.5 Å². The van der Waals surface area contributed by atoms with E-state index >= 15 is 0 Å². The maximum absolute atomic E-state index is 5.77. The molecule has 0 amide bonds. The Morgan fingerprint density at radius 3 is 2.67 bits per heavy atom. The first-order chi connectivity index (χ1) is 5.66. The van der Waals surface area contributed by atoms with E-state index in [4.69, 9.17) is 11.5 Å². The van der Waals surface area contributed by atoms with Crippen molar-refractivity contribution in [2.45, 2.75) is 13.8 Å². The van der Waals surface area contributed by atoms with Crippen LogP contribution in [0.25, 0.3) is 5.70 Å². The molecule has 0 aliphatic heterocycles. The first-order valence-electron chi connectivity index (χ1n) is 3.94. The van der Waals surface area contributed by atoms with Gasteiger partial charge in [-0.3, -0.25) is 0 Å². The van der Waals surface area contributed by atoms with Crippen LogP contribution in [0.5, 0.6) is 0 Å². The average Bonchev–Trinajstić information content (AvgIpc) is 2.08. The molecular weight excluding hydrogens is 148 g/mol. The Labute approximate surface area is 72.9 Å². The summed E-state index contributed by atoms with van der Waals surface area (Å²) in [5, 5.41) is 0. The molecule has 1 rings (SSSR count). The van der Waals surface area contributed by atoms with Crippen molar-refractivity contribution in [1.82, 2.24) is 0 Å². The van der Waals surface area contributed by atoms with Gasteiger partial charge in [0.25, 0.3) is 0 Å². The van der Waals surface area contributed by atoms with E-state index in [1.54, 1.807) is 0 Å². The molecule has 1 aromatic rings. The van der Waals surface area contributed by atoms with E-state index in [-0.39, 0.29) is 0 Å². The summed E-state index contributed by atoms with van der Waals surface area (Å²) >= 11 is 0. The van der Waals surface area contributed by atoms with Gasteiger partial charge in [0.1, 0.15) is 0 Å². The molecule has 0 atom stereocenters. The van der Waals surface area contributed by atoms with E-state index in [0.29, 0.717) is 0 Å². The zero-order valence-corrected chi connectivity index (χ0v) is 7.46. The smallest absolute Gasteiger partial charge is 0.0350 e. The normalized spacial score (nSPS) is 11.7. The van der Waals surface area contributed by atoms with Crippen molar-refractivity contribution >= 4 is 11.4 Å². The number of rotatable bonds is 1. The summed E-state index contributed by atoms with van der Waals surface area (Å²) in [7, 11) is 0. The van der Waals surface area contributed by atoms with Crippen LogP contribution in [-0.4, -0.2) is 0 Å². The zero-order valence-electron chi connectivity index (χ0n) is 7.46. The number of nitrogens with two attached hydrogens (primary N) is 2. The van der Waals surface area contributed by atoms with Gasteiger partial charge >= 0.3 is 0 Å². The maximum Gasteiger partial charge on any atom is 0.0350 e. The average molecular weight is 162 g/mol. The third kappa shape index (κ3) is 1.42. The van der Waals surface area contributed by atoms with Crippen LogP contribution in [0.3, 0.4) is 0 Å². The summed E-state index contributed by atoms with van der Waals surface area (Å²) in [5.41, 5.74) is 15.1. The molecule has 0 fully saturated rings. The van der Waals surface area contributed by atoms with Gasteiger partial charge in [-0.2, -0.15) is 0 Å². The van der Waals surface area contributed by atoms with Crippen molar-refractivity contribution in [2.24, 2.45) is 5.73 Å². The Bertz CT molecular complexity index is 314. The second-order valence-corrected chi connectivity index (χ2v) is 2.76. The maximum atomic E-state index is 5.77. The highest BCUT2D eigenvalue weighted by Gasteiger charge is 2.01.